The van der Waals surface area contributed by atoms with Crippen LogP contribution >= 0.6 is 0 Å². The van der Waals surface area contributed by atoms with Crippen LogP contribution in [0.2, 0.25) is 0 Å². The number of nitrogens with one attached hydrogen (secondary N) is 1. The minimum atomic E-state index is -1.04. The Hall–Kier alpha value is -2.95. The van der Waals surface area contributed by atoms with E-state index in [1.165, 1.54) is 4.90 Å². The van der Waals surface area contributed by atoms with Gasteiger partial charge in [0.15, 0.2) is 0 Å². The Morgan fingerprint density at radius 3 is 1.77 bits per heavy atom. The molecular formula is C21H22N2O3. The van der Waals surface area contributed by atoms with Gasteiger partial charge in [-0.25, -0.2) is 0 Å². The number of ketones is 1. The summed E-state index contributed by atoms with van der Waals surface area (Å²) in [6, 6.07) is 17.7. The molecule has 0 radical (unpaired) electrons. The van der Waals surface area contributed by atoms with Gasteiger partial charge in [0, 0.05) is 17.4 Å². The zero-order valence-electron chi connectivity index (χ0n) is 14.6. The predicted octanol–water partition coefficient (Wildman–Crippen LogP) is 3.37. The van der Waals surface area contributed by atoms with Gasteiger partial charge >= 0.3 is 11.7 Å². The molecule has 2 aromatic carbocycles. The molecule has 0 aliphatic heterocycles. The molecule has 1 aliphatic carbocycles. The van der Waals surface area contributed by atoms with Crippen LogP contribution in [0, 0.1) is 0 Å². The average molecular weight is 350 g/mol. The zero-order chi connectivity index (χ0) is 18.4. The monoisotopic (exact) mass is 350 g/mol. The van der Waals surface area contributed by atoms with Crippen LogP contribution in [0.1, 0.15) is 32.1 Å². The van der Waals surface area contributed by atoms with E-state index in [1.807, 2.05) is 12.1 Å². The first-order chi connectivity index (χ1) is 12.7. The van der Waals surface area contributed by atoms with Gasteiger partial charge < -0.3 is 5.32 Å². The lowest BCUT2D eigenvalue weighted by Crippen LogP contribution is -2.46. The quantitative estimate of drug-likeness (QED) is 0.664. The highest BCUT2D eigenvalue weighted by molar-refractivity contribution is 6.65. The Labute approximate surface area is 153 Å². The maximum absolute atomic E-state index is 12.8. The molecule has 5 nitrogen and oxygen atoms in total. The van der Waals surface area contributed by atoms with Crippen LogP contribution in [0.15, 0.2) is 60.7 Å². The van der Waals surface area contributed by atoms with Crippen LogP contribution in [0.5, 0.6) is 0 Å². The lowest BCUT2D eigenvalue weighted by molar-refractivity contribution is -0.144. The molecule has 1 N–H and O–H groups in total. The molecule has 2 aromatic rings. The van der Waals surface area contributed by atoms with Gasteiger partial charge in [-0.2, -0.15) is 0 Å². The number of anilines is 2. The van der Waals surface area contributed by atoms with E-state index in [1.54, 1.807) is 48.5 Å². The Balaban J connectivity index is 1.80. The van der Waals surface area contributed by atoms with Crippen LogP contribution in [0.25, 0.3) is 0 Å². The minimum absolute atomic E-state index is 0.0186. The largest absolute Gasteiger partial charge is 0.346 e. The topological polar surface area (TPSA) is 66.5 Å². The van der Waals surface area contributed by atoms with Crippen LogP contribution in [0.4, 0.5) is 11.4 Å². The van der Waals surface area contributed by atoms with Gasteiger partial charge in [0.2, 0.25) is 0 Å². The average Bonchev–Trinajstić information content (AvgIpc) is 2.70. The summed E-state index contributed by atoms with van der Waals surface area (Å²) in [5, 5.41) is 2.72. The minimum Gasteiger partial charge on any atom is -0.346 e. The Bertz CT molecular complexity index is 729. The van der Waals surface area contributed by atoms with Crippen LogP contribution in [-0.4, -0.2) is 23.6 Å². The number of benzene rings is 2. The van der Waals surface area contributed by atoms with E-state index in [2.05, 4.69) is 5.32 Å². The van der Waals surface area contributed by atoms with Crippen LogP contribution in [-0.2, 0) is 14.4 Å². The molecule has 0 spiro atoms. The molecule has 5 heteroatoms. The van der Waals surface area contributed by atoms with Crippen molar-refractivity contribution in [2.45, 2.75) is 38.1 Å². The zero-order valence-corrected chi connectivity index (χ0v) is 14.6. The summed E-state index contributed by atoms with van der Waals surface area (Å²) in [7, 11) is 0. The molecule has 1 fully saturated rings. The molecule has 1 aliphatic rings. The fourth-order valence-corrected chi connectivity index (χ4v) is 3.23. The molecule has 0 heterocycles. The third-order valence-corrected chi connectivity index (χ3v) is 4.57. The van der Waals surface area contributed by atoms with E-state index in [0.717, 1.165) is 32.1 Å². The van der Waals surface area contributed by atoms with Crippen molar-refractivity contribution in [3.63, 3.8) is 0 Å². The fourth-order valence-electron chi connectivity index (χ4n) is 3.23. The van der Waals surface area contributed by atoms with Crippen LogP contribution < -0.4 is 10.2 Å². The molecule has 26 heavy (non-hydrogen) atoms. The van der Waals surface area contributed by atoms with Crippen molar-refractivity contribution < 1.29 is 14.4 Å². The maximum atomic E-state index is 12.8. The molecule has 0 unspecified atom stereocenters. The van der Waals surface area contributed by atoms with Crippen molar-refractivity contribution in [3.8, 4) is 0 Å². The number of carbonyl (C=O) groups is 3. The second-order valence-electron chi connectivity index (χ2n) is 6.45. The molecule has 0 saturated heterocycles. The number of hydrogen-bond donors (Lipinski definition) is 1. The molecule has 1 saturated carbocycles. The van der Waals surface area contributed by atoms with E-state index in [0.29, 0.717) is 11.4 Å². The second kappa shape index (κ2) is 8.43. The summed E-state index contributed by atoms with van der Waals surface area (Å²) in [6.45, 7) is 0. The van der Waals surface area contributed by atoms with Gasteiger partial charge in [0.25, 0.3) is 5.91 Å². The summed E-state index contributed by atoms with van der Waals surface area (Å²) in [4.78, 5) is 38.9. The third kappa shape index (κ3) is 4.17. The summed E-state index contributed by atoms with van der Waals surface area (Å²) in [5.74, 6) is -2.71. The highest BCUT2D eigenvalue weighted by Gasteiger charge is 2.31. The van der Waals surface area contributed by atoms with Gasteiger partial charge in [0.1, 0.15) is 0 Å². The molecule has 134 valence electrons. The maximum Gasteiger partial charge on any atom is 0.309 e. The fraction of sp³-hybridized carbons (Fsp3) is 0.286. The third-order valence-electron chi connectivity index (χ3n) is 4.57. The van der Waals surface area contributed by atoms with Crippen molar-refractivity contribution in [2.24, 2.45) is 0 Å². The number of para-hydroxylation sites is 2. The molecule has 0 bridgehead atoms. The van der Waals surface area contributed by atoms with Crippen molar-refractivity contribution in [2.75, 3.05) is 4.90 Å². The molecule has 0 aromatic heterocycles. The number of amides is 2. The summed E-state index contributed by atoms with van der Waals surface area (Å²) < 4.78 is 0. The van der Waals surface area contributed by atoms with Crippen LogP contribution in [0.3, 0.4) is 0 Å². The van der Waals surface area contributed by atoms with E-state index in [-0.39, 0.29) is 6.04 Å². The van der Waals surface area contributed by atoms with Gasteiger partial charge in [-0.05, 0) is 37.1 Å². The first-order valence-corrected chi connectivity index (χ1v) is 8.96. The van der Waals surface area contributed by atoms with E-state index in [9.17, 15) is 14.4 Å². The van der Waals surface area contributed by atoms with Gasteiger partial charge in [0.05, 0.1) is 0 Å². The first-order valence-electron chi connectivity index (χ1n) is 8.96. The Morgan fingerprint density at radius 2 is 1.27 bits per heavy atom. The van der Waals surface area contributed by atoms with E-state index >= 15 is 0 Å². The number of hydrogen-bond acceptors (Lipinski definition) is 3. The van der Waals surface area contributed by atoms with Gasteiger partial charge in [-0.3, -0.25) is 19.3 Å². The van der Waals surface area contributed by atoms with E-state index < -0.39 is 17.6 Å². The Kier molecular flexibility index (Phi) is 5.79. The summed E-state index contributed by atoms with van der Waals surface area (Å²) in [6.07, 6.45) is 4.93. The highest BCUT2D eigenvalue weighted by Crippen LogP contribution is 2.25. The molecule has 0 atom stereocenters. The van der Waals surface area contributed by atoms with E-state index in [4.69, 9.17) is 0 Å². The number of nitrogens with zero attached hydrogens (tertiary/aromatic N) is 1. The normalized spacial score (nSPS) is 14.5. The molecular weight excluding hydrogens is 328 g/mol. The lowest BCUT2D eigenvalue weighted by Gasteiger charge is -2.24. The smallest absolute Gasteiger partial charge is 0.309 e. The molecule has 2 amide bonds. The number of carbonyl (C=O) groups excluding carboxylic acids is 3. The number of Topliss-reactive ketones (excluding diaryl/α,β-unsaturated/α-hetero) is 1. The lowest BCUT2D eigenvalue weighted by atomic mass is 9.95. The van der Waals surface area contributed by atoms with Gasteiger partial charge in [-0.1, -0.05) is 55.7 Å². The van der Waals surface area contributed by atoms with Gasteiger partial charge in [-0.15, -0.1) is 0 Å². The number of rotatable bonds is 5. The Morgan fingerprint density at radius 1 is 0.769 bits per heavy atom. The first kappa shape index (κ1) is 17.9. The van der Waals surface area contributed by atoms with Crippen molar-refractivity contribution >= 4 is 29.0 Å². The highest BCUT2D eigenvalue weighted by atomic mass is 16.2. The predicted molar refractivity (Wildman–Crippen MR) is 100 cm³/mol. The molecule has 3 rings (SSSR count). The summed E-state index contributed by atoms with van der Waals surface area (Å²) >= 11 is 0. The summed E-state index contributed by atoms with van der Waals surface area (Å²) in [5.41, 5.74) is 1.09. The second-order valence-corrected chi connectivity index (χ2v) is 6.45. The standard InChI is InChI=1S/C21H22N2O3/c24-19(20(25)22-16-10-4-1-5-11-16)21(26)23(17-12-6-2-7-13-17)18-14-8-3-9-15-18/h2-3,6-9,12-16H,1,4-5,10-11H2,(H,22,25). The van der Waals surface area contributed by atoms with Crippen molar-refractivity contribution in [1.82, 2.24) is 5.32 Å². The van der Waals surface area contributed by atoms with Crippen molar-refractivity contribution in [3.05, 3.63) is 60.7 Å². The van der Waals surface area contributed by atoms with Crippen molar-refractivity contribution in [1.29, 1.82) is 0 Å². The SMILES string of the molecule is O=C(NC1CCCCC1)C(=O)C(=O)N(c1ccccc1)c1ccccc1.